The van der Waals surface area contributed by atoms with E-state index in [-0.39, 0.29) is 12.0 Å². The summed E-state index contributed by atoms with van der Waals surface area (Å²) >= 11 is 0. The normalized spacial score (nSPS) is 15.2. The Hall–Kier alpha value is -2.66. The molecule has 2 aromatic heterocycles. The van der Waals surface area contributed by atoms with Gasteiger partial charge in [-0.2, -0.15) is 15.0 Å². The number of nitrogens with two attached hydrogens (primary N) is 1. The minimum absolute atomic E-state index is 0.155. The number of fused-ring (bicyclic) bond motifs is 1. The third-order valence-corrected chi connectivity index (χ3v) is 5.66. The monoisotopic (exact) mass is 449 g/mol. The van der Waals surface area contributed by atoms with Gasteiger partial charge in [0.2, 0.25) is 0 Å². The molecular weight excluding hydrogens is 414 g/mol. The van der Waals surface area contributed by atoms with Gasteiger partial charge in [0.25, 0.3) is 6.01 Å². The summed E-state index contributed by atoms with van der Waals surface area (Å²) in [4.78, 5) is 29.3. The highest BCUT2D eigenvalue weighted by atomic mass is 16.5. The molecule has 0 atom stereocenters. The standard InChI is InChI=1S/C21H35N7O4/c1-4-5-15-32-20-24-18(22)17-19(25-20)28(21(23-17)31-3)9-6-8-26-11-13-27(14-12-26)10-7-16(29)30-2/h4-15H2,1-3H3,(H2,22,24,25). The van der Waals surface area contributed by atoms with Gasteiger partial charge in [-0.3, -0.25) is 9.36 Å². The zero-order valence-corrected chi connectivity index (χ0v) is 19.4. The van der Waals surface area contributed by atoms with Crippen LogP contribution in [-0.2, 0) is 16.1 Å². The van der Waals surface area contributed by atoms with Crippen LogP contribution < -0.4 is 15.2 Å². The fraction of sp³-hybridized carbons (Fsp3) is 0.714. The Kier molecular flexibility index (Phi) is 8.86. The molecule has 2 N–H and O–H groups in total. The van der Waals surface area contributed by atoms with Crippen LogP contribution in [0, 0.1) is 0 Å². The van der Waals surface area contributed by atoms with E-state index in [0.29, 0.717) is 42.6 Å². The van der Waals surface area contributed by atoms with Crippen molar-refractivity contribution in [2.45, 2.75) is 39.2 Å². The van der Waals surface area contributed by atoms with Crippen LogP contribution in [0.5, 0.6) is 12.0 Å². The van der Waals surface area contributed by atoms with Gasteiger partial charge in [-0.15, -0.1) is 0 Å². The summed E-state index contributed by atoms with van der Waals surface area (Å²) in [6, 6.07) is 0.745. The summed E-state index contributed by atoms with van der Waals surface area (Å²) < 4.78 is 17.8. The lowest BCUT2D eigenvalue weighted by atomic mass is 10.2. The maximum atomic E-state index is 11.3. The van der Waals surface area contributed by atoms with Crippen molar-refractivity contribution in [1.29, 1.82) is 0 Å². The highest BCUT2D eigenvalue weighted by Gasteiger charge is 2.20. The summed E-state index contributed by atoms with van der Waals surface area (Å²) in [7, 11) is 3.02. The molecule has 0 amide bonds. The fourth-order valence-electron chi connectivity index (χ4n) is 3.75. The Labute approximate surface area is 188 Å². The summed E-state index contributed by atoms with van der Waals surface area (Å²) in [5.74, 6) is 0.138. The van der Waals surface area contributed by atoms with E-state index < -0.39 is 0 Å². The first kappa shape index (κ1) is 24.0. The molecule has 0 saturated carbocycles. The van der Waals surface area contributed by atoms with E-state index in [1.54, 1.807) is 7.11 Å². The molecule has 11 nitrogen and oxygen atoms in total. The number of anilines is 1. The number of carbonyl (C=O) groups excluding carboxylic acids is 1. The number of aromatic nitrogens is 4. The molecule has 1 saturated heterocycles. The smallest absolute Gasteiger partial charge is 0.320 e. The first-order valence-electron chi connectivity index (χ1n) is 11.3. The van der Waals surface area contributed by atoms with Gasteiger partial charge < -0.3 is 29.7 Å². The lowest BCUT2D eigenvalue weighted by molar-refractivity contribution is -0.141. The minimum Gasteiger partial charge on any atom is -0.469 e. The summed E-state index contributed by atoms with van der Waals surface area (Å²) in [5.41, 5.74) is 7.27. The Bertz CT molecular complexity index is 881. The van der Waals surface area contributed by atoms with E-state index in [1.807, 2.05) is 4.57 Å². The van der Waals surface area contributed by atoms with Crippen LogP contribution in [0.4, 0.5) is 5.82 Å². The van der Waals surface area contributed by atoms with Crippen LogP contribution in [0.2, 0.25) is 0 Å². The number of ether oxygens (including phenoxy) is 3. The van der Waals surface area contributed by atoms with Crippen LogP contribution in [0.3, 0.4) is 0 Å². The zero-order chi connectivity index (χ0) is 22.9. The molecule has 0 spiro atoms. The number of methoxy groups -OCH3 is 2. The molecule has 0 aromatic carbocycles. The molecule has 1 fully saturated rings. The summed E-state index contributed by atoms with van der Waals surface area (Å²) in [6.07, 6.45) is 3.32. The Balaban J connectivity index is 1.56. The topological polar surface area (TPSA) is 121 Å². The third kappa shape index (κ3) is 6.19. The van der Waals surface area contributed by atoms with Gasteiger partial charge in [0.15, 0.2) is 17.0 Å². The minimum atomic E-state index is -0.155. The van der Waals surface area contributed by atoms with Gasteiger partial charge in [-0.1, -0.05) is 13.3 Å². The summed E-state index contributed by atoms with van der Waals surface area (Å²) in [6.45, 7) is 8.93. The number of hydrogen-bond acceptors (Lipinski definition) is 10. The molecule has 0 unspecified atom stereocenters. The van der Waals surface area contributed by atoms with Gasteiger partial charge in [-0.25, -0.2) is 0 Å². The van der Waals surface area contributed by atoms with Crippen LogP contribution >= 0.6 is 0 Å². The predicted molar refractivity (Wildman–Crippen MR) is 121 cm³/mol. The number of unbranched alkanes of at least 4 members (excludes halogenated alkanes) is 1. The average molecular weight is 450 g/mol. The Morgan fingerprint density at radius 2 is 1.72 bits per heavy atom. The van der Waals surface area contributed by atoms with E-state index >= 15 is 0 Å². The molecule has 0 radical (unpaired) electrons. The zero-order valence-electron chi connectivity index (χ0n) is 19.4. The molecule has 3 heterocycles. The number of aryl methyl sites for hydroxylation is 1. The highest BCUT2D eigenvalue weighted by molar-refractivity contribution is 5.83. The Morgan fingerprint density at radius 1 is 1.00 bits per heavy atom. The maximum Gasteiger partial charge on any atom is 0.320 e. The number of nitrogens with zero attached hydrogens (tertiary/aromatic N) is 6. The average Bonchev–Trinajstić information content (AvgIpc) is 3.16. The molecule has 0 bridgehead atoms. The number of esters is 1. The van der Waals surface area contributed by atoms with Crippen molar-refractivity contribution in [3.63, 3.8) is 0 Å². The van der Waals surface area contributed by atoms with Gasteiger partial charge in [0.1, 0.15) is 0 Å². The van der Waals surface area contributed by atoms with E-state index in [9.17, 15) is 4.79 Å². The van der Waals surface area contributed by atoms with Crippen molar-refractivity contribution < 1.29 is 19.0 Å². The van der Waals surface area contributed by atoms with Crippen molar-refractivity contribution in [2.24, 2.45) is 0 Å². The van der Waals surface area contributed by atoms with Crippen LogP contribution in [0.25, 0.3) is 11.2 Å². The van der Waals surface area contributed by atoms with Crippen molar-refractivity contribution in [2.75, 3.05) is 65.8 Å². The number of carbonyl (C=O) groups is 1. The SMILES string of the molecule is CCCCOc1nc(N)c2nc(OC)n(CCCN3CCN(CCC(=O)OC)CC3)c2n1. The number of hydrogen-bond donors (Lipinski definition) is 1. The lowest BCUT2D eigenvalue weighted by Gasteiger charge is -2.34. The molecule has 0 aliphatic carbocycles. The van der Waals surface area contributed by atoms with Crippen LogP contribution in [0.15, 0.2) is 0 Å². The van der Waals surface area contributed by atoms with E-state index in [1.165, 1.54) is 7.11 Å². The van der Waals surface area contributed by atoms with Crippen molar-refractivity contribution in [3.8, 4) is 12.0 Å². The highest BCUT2D eigenvalue weighted by Crippen LogP contribution is 2.25. The van der Waals surface area contributed by atoms with Gasteiger partial charge >= 0.3 is 12.0 Å². The van der Waals surface area contributed by atoms with Gasteiger partial charge in [0.05, 0.1) is 27.2 Å². The predicted octanol–water partition coefficient (Wildman–Crippen LogP) is 1.17. The molecule has 178 valence electrons. The van der Waals surface area contributed by atoms with Crippen LogP contribution in [-0.4, -0.2) is 95.4 Å². The van der Waals surface area contributed by atoms with Gasteiger partial charge in [0, 0.05) is 39.3 Å². The lowest BCUT2D eigenvalue weighted by Crippen LogP contribution is -2.47. The second-order valence-electron chi connectivity index (χ2n) is 7.88. The summed E-state index contributed by atoms with van der Waals surface area (Å²) in [5, 5.41) is 0. The molecule has 1 aliphatic heterocycles. The first-order chi connectivity index (χ1) is 15.5. The van der Waals surface area contributed by atoms with Crippen molar-refractivity contribution >= 4 is 23.0 Å². The van der Waals surface area contributed by atoms with E-state index in [4.69, 9.17) is 19.9 Å². The fourth-order valence-corrected chi connectivity index (χ4v) is 3.75. The number of nitrogen functional groups attached to an aromatic ring is 1. The van der Waals surface area contributed by atoms with E-state index in [0.717, 1.165) is 58.5 Å². The molecule has 2 aromatic rings. The number of piperazine rings is 1. The first-order valence-corrected chi connectivity index (χ1v) is 11.3. The maximum absolute atomic E-state index is 11.3. The Morgan fingerprint density at radius 3 is 2.38 bits per heavy atom. The molecule has 1 aliphatic rings. The largest absolute Gasteiger partial charge is 0.469 e. The number of imidazole rings is 1. The quantitative estimate of drug-likeness (QED) is 0.373. The van der Waals surface area contributed by atoms with E-state index in [2.05, 4.69) is 31.7 Å². The number of rotatable bonds is 12. The third-order valence-electron chi connectivity index (χ3n) is 5.66. The van der Waals surface area contributed by atoms with Crippen molar-refractivity contribution in [3.05, 3.63) is 0 Å². The molecule has 32 heavy (non-hydrogen) atoms. The van der Waals surface area contributed by atoms with Crippen molar-refractivity contribution in [1.82, 2.24) is 29.3 Å². The second-order valence-corrected chi connectivity index (χ2v) is 7.88. The molecular formula is C21H35N7O4. The van der Waals surface area contributed by atoms with Gasteiger partial charge in [-0.05, 0) is 19.4 Å². The van der Waals surface area contributed by atoms with Crippen LogP contribution in [0.1, 0.15) is 32.6 Å². The molecule has 11 heteroatoms. The second kappa shape index (κ2) is 11.8. The molecule has 3 rings (SSSR count).